The van der Waals surface area contributed by atoms with Gasteiger partial charge in [-0.3, -0.25) is 4.79 Å². The number of aromatic nitrogens is 2. The van der Waals surface area contributed by atoms with Gasteiger partial charge in [0.2, 0.25) is 5.91 Å². The molecule has 1 amide bonds. The first-order chi connectivity index (χ1) is 20.5. The van der Waals surface area contributed by atoms with Gasteiger partial charge in [0.05, 0.1) is 36.5 Å². The van der Waals surface area contributed by atoms with Crippen molar-refractivity contribution in [2.75, 3.05) is 61.9 Å². The highest BCUT2D eigenvalue weighted by molar-refractivity contribution is 7.99. The Morgan fingerprint density at radius 1 is 1.17 bits per heavy atom. The molecule has 0 saturated carbocycles. The van der Waals surface area contributed by atoms with Crippen molar-refractivity contribution in [3.8, 4) is 12.1 Å². The first-order valence-electron chi connectivity index (χ1n) is 14.9. The Hall–Kier alpha value is -3.36. The molecule has 0 bridgehead atoms. The number of piperazine rings is 1. The molecule has 9 nitrogen and oxygen atoms in total. The summed E-state index contributed by atoms with van der Waals surface area (Å²) in [6, 6.07) is 6.14. The smallest absolute Gasteiger partial charge is 0.318 e. The predicted octanol–water partition coefficient (Wildman–Crippen LogP) is 3.81. The predicted molar refractivity (Wildman–Crippen MR) is 162 cm³/mol. The molecule has 1 aromatic heterocycles. The Labute approximate surface area is 251 Å². The van der Waals surface area contributed by atoms with Crippen LogP contribution < -0.4 is 14.5 Å². The van der Waals surface area contributed by atoms with Crippen molar-refractivity contribution in [3.63, 3.8) is 0 Å². The maximum atomic E-state index is 15.4. The summed E-state index contributed by atoms with van der Waals surface area (Å²) in [5.41, 5.74) is 3.69. The maximum Gasteiger partial charge on any atom is 0.318 e. The molecule has 42 heavy (non-hydrogen) atoms. The number of hydrogen-bond donors (Lipinski definition) is 0. The molecule has 0 aliphatic carbocycles. The Balaban J connectivity index is 1.33. The number of halogens is 1. The second-order valence-corrected chi connectivity index (χ2v) is 12.7. The second-order valence-electron chi connectivity index (χ2n) is 11.5. The molecule has 0 radical (unpaired) electrons. The monoisotopic (exact) mass is 591 g/mol. The molecule has 6 rings (SSSR count). The number of likely N-dealkylation sites (tertiary alicyclic amines) is 1. The fourth-order valence-electron chi connectivity index (χ4n) is 6.74. The third-order valence-electron chi connectivity index (χ3n) is 9.00. The number of benzene rings is 1. The highest BCUT2D eigenvalue weighted by Gasteiger charge is 2.34. The van der Waals surface area contributed by atoms with E-state index < -0.39 is 0 Å². The zero-order chi connectivity index (χ0) is 29.2. The summed E-state index contributed by atoms with van der Waals surface area (Å²) in [4.78, 5) is 31.9. The van der Waals surface area contributed by atoms with Crippen LogP contribution in [0.1, 0.15) is 42.5 Å². The molecule has 11 heteroatoms. The average Bonchev–Trinajstić information content (AvgIpc) is 3.43. The van der Waals surface area contributed by atoms with Gasteiger partial charge in [0.15, 0.2) is 0 Å². The topological polar surface area (TPSA) is 88.8 Å². The lowest BCUT2D eigenvalue weighted by atomic mass is 10.00. The molecular formula is C31H38FN7O2S. The number of rotatable bonds is 7. The van der Waals surface area contributed by atoms with E-state index in [1.165, 1.54) is 11.0 Å². The van der Waals surface area contributed by atoms with Crippen LogP contribution in [0.25, 0.3) is 0 Å². The number of ether oxygens (including phenoxy) is 1. The quantitative estimate of drug-likeness (QED) is 0.446. The molecule has 5 heterocycles. The minimum absolute atomic E-state index is 0.161. The highest BCUT2D eigenvalue weighted by atomic mass is 32.2. The van der Waals surface area contributed by atoms with E-state index in [9.17, 15) is 10.1 Å². The van der Waals surface area contributed by atoms with Gasteiger partial charge in [-0.25, -0.2) is 4.39 Å². The van der Waals surface area contributed by atoms with Gasteiger partial charge in [-0.05, 0) is 75.2 Å². The number of nitrogens with zero attached hydrogens (tertiary/aromatic N) is 7. The van der Waals surface area contributed by atoms with Crippen molar-refractivity contribution in [3.05, 3.63) is 47.4 Å². The van der Waals surface area contributed by atoms with Crippen LogP contribution in [0.4, 0.5) is 15.9 Å². The summed E-state index contributed by atoms with van der Waals surface area (Å²) >= 11 is 1.80. The third-order valence-corrected chi connectivity index (χ3v) is 10.2. The lowest BCUT2D eigenvalue weighted by molar-refractivity contribution is -0.128. The summed E-state index contributed by atoms with van der Waals surface area (Å²) in [5.74, 6) is 1.52. The standard InChI is InChI=1S/C31H38FN7O2S/c1-3-28(40)39-16-15-38(18-21(39)10-12-33)30-23-11-14-37(29-24-7-5-17-42-27(24)9-8-25(29)32)19-26(23)34-31(35-30)41-20-22-6-4-13-36(22)2/h3,8-9,21-22H,1,4-7,10-11,13-20H2,2H3/t21-,22-/m0/s1. The van der Waals surface area contributed by atoms with Crippen LogP contribution >= 0.6 is 11.8 Å². The zero-order valence-electron chi connectivity index (χ0n) is 24.2. The van der Waals surface area contributed by atoms with Crippen LogP contribution in [0, 0.1) is 17.1 Å². The maximum absolute atomic E-state index is 15.4. The molecular weight excluding hydrogens is 553 g/mol. The van der Waals surface area contributed by atoms with Gasteiger partial charge in [0.25, 0.3) is 0 Å². The minimum atomic E-state index is -0.265. The molecule has 1 aromatic carbocycles. The van der Waals surface area contributed by atoms with Gasteiger partial charge in [-0.15, -0.1) is 11.8 Å². The van der Waals surface area contributed by atoms with Crippen molar-refractivity contribution >= 4 is 29.2 Å². The Bertz CT molecular complexity index is 1400. The summed E-state index contributed by atoms with van der Waals surface area (Å²) < 4.78 is 21.6. The van der Waals surface area contributed by atoms with Gasteiger partial charge in [0.1, 0.15) is 18.2 Å². The van der Waals surface area contributed by atoms with E-state index in [2.05, 4.69) is 34.4 Å². The largest absolute Gasteiger partial charge is 0.462 e. The Morgan fingerprint density at radius 2 is 2.05 bits per heavy atom. The SMILES string of the molecule is C=CC(=O)N1CCN(c2nc(OC[C@@H]3CCCN3C)nc3c2CCN(c2c(F)ccc4c2CCCS4)C3)C[C@@H]1CC#N. The molecule has 0 N–H and O–H groups in total. The van der Waals surface area contributed by atoms with Crippen molar-refractivity contribution in [1.29, 1.82) is 5.26 Å². The van der Waals surface area contributed by atoms with E-state index in [1.807, 2.05) is 6.07 Å². The Kier molecular flexibility index (Phi) is 8.54. The molecule has 2 fully saturated rings. The van der Waals surface area contributed by atoms with Crippen LogP contribution in [-0.2, 0) is 24.2 Å². The second kappa shape index (κ2) is 12.5. The van der Waals surface area contributed by atoms with Crippen LogP contribution in [-0.4, -0.2) is 89.9 Å². The number of nitriles is 1. The summed E-state index contributed by atoms with van der Waals surface area (Å²) in [6.07, 6.45) is 6.36. The van der Waals surface area contributed by atoms with Crippen LogP contribution in [0.2, 0.25) is 0 Å². The Morgan fingerprint density at radius 3 is 2.83 bits per heavy atom. The molecule has 0 spiro atoms. The van der Waals surface area contributed by atoms with Crippen LogP contribution in [0.3, 0.4) is 0 Å². The number of anilines is 2. The van der Waals surface area contributed by atoms with Gasteiger partial charge in [0, 0.05) is 42.7 Å². The zero-order valence-corrected chi connectivity index (χ0v) is 25.0. The van der Waals surface area contributed by atoms with Crippen LogP contribution in [0.5, 0.6) is 6.01 Å². The van der Waals surface area contributed by atoms with E-state index in [0.29, 0.717) is 63.5 Å². The number of likely N-dealkylation sites (N-methyl/N-ethyl adjacent to an activating group) is 1. The number of thioether (sulfide) groups is 1. The molecule has 2 atom stereocenters. The lowest BCUT2D eigenvalue weighted by Crippen LogP contribution is -2.55. The van der Waals surface area contributed by atoms with Crippen molar-refractivity contribution in [2.45, 2.75) is 62.0 Å². The normalized spacial score (nSPS) is 22.4. The highest BCUT2D eigenvalue weighted by Crippen LogP contribution is 2.40. The molecule has 4 aliphatic heterocycles. The minimum Gasteiger partial charge on any atom is -0.462 e. The lowest BCUT2D eigenvalue weighted by Gasteiger charge is -2.42. The van der Waals surface area contributed by atoms with E-state index in [0.717, 1.165) is 60.6 Å². The van der Waals surface area contributed by atoms with Gasteiger partial charge < -0.3 is 24.3 Å². The van der Waals surface area contributed by atoms with Crippen molar-refractivity contribution < 1.29 is 13.9 Å². The summed E-state index contributed by atoms with van der Waals surface area (Å²) in [6.45, 7) is 7.88. The number of amides is 1. The molecule has 2 aromatic rings. The molecule has 2 saturated heterocycles. The first-order valence-corrected chi connectivity index (χ1v) is 15.9. The fourth-order valence-corrected chi connectivity index (χ4v) is 7.79. The van der Waals surface area contributed by atoms with E-state index >= 15 is 4.39 Å². The van der Waals surface area contributed by atoms with Gasteiger partial charge in [-0.2, -0.15) is 15.2 Å². The first kappa shape index (κ1) is 28.7. The fraction of sp³-hybridized carbons (Fsp3) is 0.548. The third kappa shape index (κ3) is 5.66. The number of carbonyl (C=O) groups excluding carboxylic acids is 1. The van der Waals surface area contributed by atoms with Crippen molar-refractivity contribution in [1.82, 2.24) is 19.8 Å². The van der Waals surface area contributed by atoms with Gasteiger partial charge in [-0.1, -0.05) is 6.58 Å². The van der Waals surface area contributed by atoms with E-state index in [-0.39, 0.29) is 24.2 Å². The molecule has 0 unspecified atom stereocenters. The van der Waals surface area contributed by atoms with Gasteiger partial charge >= 0.3 is 6.01 Å². The van der Waals surface area contributed by atoms with E-state index in [4.69, 9.17) is 14.7 Å². The molecule has 222 valence electrons. The van der Waals surface area contributed by atoms with Crippen molar-refractivity contribution in [2.24, 2.45) is 0 Å². The summed E-state index contributed by atoms with van der Waals surface area (Å²) in [7, 11) is 2.12. The number of hydrogen-bond acceptors (Lipinski definition) is 9. The molecule has 4 aliphatic rings. The summed E-state index contributed by atoms with van der Waals surface area (Å²) in [5, 5.41) is 9.50. The van der Waals surface area contributed by atoms with E-state index in [1.54, 1.807) is 22.7 Å². The van der Waals surface area contributed by atoms with Crippen LogP contribution in [0.15, 0.2) is 29.7 Å². The number of carbonyl (C=O) groups is 1. The number of fused-ring (bicyclic) bond motifs is 2. The average molecular weight is 592 g/mol.